The molecule has 0 bridgehead atoms. The van der Waals surface area contributed by atoms with E-state index in [4.69, 9.17) is 10.6 Å². The summed E-state index contributed by atoms with van der Waals surface area (Å²) in [6, 6.07) is 0.950. The van der Waals surface area contributed by atoms with Crippen LogP contribution >= 0.6 is 0 Å². The topological polar surface area (TPSA) is 71.7 Å². The zero-order valence-corrected chi connectivity index (χ0v) is 8.33. The Bertz CT molecular complexity index is 209. The van der Waals surface area contributed by atoms with E-state index in [1.807, 2.05) is 0 Å². The lowest BCUT2D eigenvalue weighted by atomic mass is 10.1. The maximum Gasteiger partial charge on any atom is 0.206 e. The van der Waals surface area contributed by atoms with Crippen molar-refractivity contribution >= 4 is 5.96 Å². The number of hydrazine groups is 1. The molecule has 1 aliphatic carbocycles. The van der Waals surface area contributed by atoms with Crippen LogP contribution in [0.1, 0.15) is 25.7 Å². The van der Waals surface area contributed by atoms with Crippen molar-refractivity contribution in [2.45, 2.75) is 37.8 Å². The number of nitrogens with one attached hydrogen (secondary N) is 2. The average molecular weight is 198 g/mol. The Morgan fingerprint density at radius 2 is 1.93 bits per heavy atom. The zero-order valence-electron chi connectivity index (χ0n) is 8.33. The molecule has 0 spiro atoms. The molecule has 1 heterocycles. The highest BCUT2D eigenvalue weighted by Crippen LogP contribution is 2.18. The molecule has 0 aromatic rings. The maximum atomic E-state index is 5.39. The molecule has 80 valence electrons. The Hall–Kier alpha value is -0.810. The van der Waals surface area contributed by atoms with E-state index in [9.17, 15) is 0 Å². The van der Waals surface area contributed by atoms with E-state index < -0.39 is 0 Å². The highest BCUT2D eigenvalue weighted by atomic mass is 16.5. The molecule has 1 saturated carbocycles. The van der Waals surface area contributed by atoms with Crippen LogP contribution in [0, 0.1) is 0 Å². The summed E-state index contributed by atoms with van der Waals surface area (Å²) in [7, 11) is 0. The molecule has 4 N–H and O–H groups in total. The summed E-state index contributed by atoms with van der Waals surface area (Å²) in [6.45, 7) is 1.63. The van der Waals surface area contributed by atoms with Crippen LogP contribution in [-0.4, -0.2) is 31.3 Å². The predicted octanol–water partition coefficient (Wildman–Crippen LogP) is -0.263. The van der Waals surface area contributed by atoms with Gasteiger partial charge in [0, 0.05) is 19.3 Å². The second-order valence-corrected chi connectivity index (χ2v) is 3.88. The molecule has 0 aromatic heterocycles. The minimum absolute atomic E-state index is 0.362. The van der Waals surface area contributed by atoms with Gasteiger partial charge in [0.25, 0.3) is 0 Å². The molecule has 2 fully saturated rings. The van der Waals surface area contributed by atoms with Crippen LogP contribution in [0.25, 0.3) is 0 Å². The van der Waals surface area contributed by atoms with Crippen molar-refractivity contribution in [3.05, 3.63) is 0 Å². The van der Waals surface area contributed by atoms with E-state index in [1.165, 1.54) is 12.8 Å². The van der Waals surface area contributed by atoms with Crippen LogP contribution in [0.15, 0.2) is 4.99 Å². The first-order valence-electron chi connectivity index (χ1n) is 5.27. The molecular weight excluding hydrogens is 180 g/mol. The number of nitrogens with zero attached hydrogens (tertiary/aromatic N) is 1. The zero-order chi connectivity index (χ0) is 9.80. The third kappa shape index (κ3) is 2.85. The van der Waals surface area contributed by atoms with Gasteiger partial charge < -0.3 is 10.1 Å². The second-order valence-electron chi connectivity index (χ2n) is 3.88. The van der Waals surface area contributed by atoms with Gasteiger partial charge in [0.05, 0.1) is 6.04 Å². The number of aliphatic imine (C=N–C) groups is 1. The predicted molar refractivity (Wildman–Crippen MR) is 54.8 cm³/mol. The summed E-state index contributed by atoms with van der Waals surface area (Å²) in [5.41, 5.74) is 2.62. The van der Waals surface area contributed by atoms with Gasteiger partial charge in [-0.25, -0.2) is 10.8 Å². The number of nitrogens with two attached hydrogens (primary N) is 1. The van der Waals surface area contributed by atoms with Crippen molar-refractivity contribution in [1.82, 2.24) is 10.7 Å². The molecule has 0 radical (unpaired) electrons. The minimum Gasteiger partial charge on any atom is -0.381 e. The summed E-state index contributed by atoms with van der Waals surface area (Å²) in [6.07, 6.45) is 4.46. The van der Waals surface area contributed by atoms with Crippen molar-refractivity contribution in [2.24, 2.45) is 10.8 Å². The van der Waals surface area contributed by atoms with Crippen molar-refractivity contribution in [3.63, 3.8) is 0 Å². The number of hydrogen-bond donors (Lipinski definition) is 3. The standard InChI is InChI=1S/C9H18N4O/c10-13-9(11-7-1-2-7)12-8-3-5-14-6-4-8/h7-8H,1-6,10H2,(H2,11,12,13). The van der Waals surface area contributed by atoms with E-state index in [0.29, 0.717) is 12.1 Å². The first-order valence-corrected chi connectivity index (χ1v) is 5.27. The fraction of sp³-hybridized carbons (Fsp3) is 0.889. The van der Waals surface area contributed by atoms with Crippen molar-refractivity contribution in [2.75, 3.05) is 13.2 Å². The third-order valence-corrected chi connectivity index (χ3v) is 2.56. The normalized spacial score (nSPS) is 24.8. The number of ether oxygens (including phenoxy) is 1. The van der Waals surface area contributed by atoms with Crippen molar-refractivity contribution < 1.29 is 4.74 Å². The van der Waals surface area contributed by atoms with E-state index in [0.717, 1.165) is 32.0 Å². The molecule has 2 aliphatic rings. The van der Waals surface area contributed by atoms with E-state index in [1.54, 1.807) is 0 Å². The van der Waals surface area contributed by atoms with Gasteiger partial charge in [-0.3, -0.25) is 5.43 Å². The van der Waals surface area contributed by atoms with Crippen LogP contribution in [0.5, 0.6) is 0 Å². The molecule has 5 nitrogen and oxygen atoms in total. The molecule has 14 heavy (non-hydrogen) atoms. The minimum atomic E-state index is 0.362. The summed E-state index contributed by atoms with van der Waals surface area (Å²) in [4.78, 5) is 4.52. The van der Waals surface area contributed by atoms with Crippen molar-refractivity contribution in [3.8, 4) is 0 Å². The maximum absolute atomic E-state index is 5.39. The van der Waals surface area contributed by atoms with Gasteiger partial charge in [-0.05, 0) is 25.7 Å². The summed E-state index contributed by atoms with van der Waals surface area (Å²) in [5, 5.41) is 3.26. The Balaban J connectivity index is 1.83. The number of hydrogen-bond acceptors (Lipinski definition) is 3. The van der Waals surface area contributed by atoms with E-state index in [2.05, 4.69) is 15.7 Å². The van der Waals surface area contributed by atoms with Gasteiger partial charge >= 0.3 is 0 Å². The first-order chi connectivity index (χ1) is 6.88. The molecule has 0 atom stereocenters. The molecule has 0 aromatic carbocycles. The van der Waals surface area contributed by atoms with Crippen molar-refractivity contribution in [1.29, 1.82) is 0 Å². The Kier molecular flexibility index (Phi) is 3.21. The van der Waals surface area contributed by atoms with E-state index >= 15 is 0 Å². The Morgan fingerprint density at radius 1 is 1.21 bits per heavy atom. The lowest BCUT2D eigenvalue weighted by Gasteiger charge is -2.19. The molecular formula is C9H18N4O. The average Bonchev–Trinajstić information content (AvgIpc) is 3.02. The molecule has 0 amide bonds. The SMILES string of the molecule is NNC(=NC1CCOCC1)NC1CC1. The molecule has 5 heteroatoms. The fourth-order valence-electron chi connectivity index (χ4n) is 1.53. The Morgan fingerprint density at radius 3 is 2.50 bits per heavy atom. The summed E-state index contributed by atoms with van der Waals surface area (Å²) < 4.78 is 5.27. The third-order valence-electron chi connectivity index (χ3n) is 2.56. The van der Waals surface area contributed by atoms with Crippen LogP contribution in [0.4, 0.5) is 0 Å². The van der Waals surface area contributed by atoms with Gasteiger partial charge in [-0.1, -0.05) is 0 Å². The van der Waals surface area contributed by atoms with Gasteiger partial charge in [-0.2, -0.15) is 0 Å². The molecule has 1 aliphatic heterocycles. The lowest BCUT2D eigenvalue weighted by Crippen LogP contribution is -2.43. The quantitative estimate of drug-likeness (QED) is 0.247. The molecule has 2 rings (SSSR count). The largest absolute Gasteiger partial charge is 0.381 e. The van der Waals surface area contributed by atoms with Crippen LogP contribution in [0.2, 0.25) is 0 Å². The van der Waals surface area contributed by atoms with Crippen LogP contribution < -0.4 is 16.6 Å². The Labute approximate surface area is 84.1 Å². The second kappa shape index (κ2) is 4.61. The summed E-state index contributed by atoms with van der Waals surface area (Å²) in [5.74, 6) is 6.13. The number of guanidine groups is 1. The van der Waals surface area contributed by atoms with Gasteiger partial charge in [0.15, 0.2) is 0 Å². The molecule has 1 saturated heterocycles. The lowest BCUT2D eigenvalue weighted by molar-refractivity contribution is 0.0869. The first kappa shape index (κ1) is 9.73. The number of rotatable bonds is 2. The fourth-order valence-corrected chi connectivity index (χ4v) is 1.53. The van der Waals surface area contributed by atoms with Gasteiger partial charge in [-0.15, -0.1) is 0 Å². The van der Waals surface area contributed by atoms with Crippen LogP contribution in [-0.2, 0) is 4.74 Å². The van der Waals surface area contributed by atoms with Gasteiger partial charge in [0.1, 0.15) is 0 Å². The smallest absolute Gasteiger partial charge is 0.206 e. The molecule has 0 unspecified atom stereocenters. The van der Waals surface area contributed by atoms with Crippen LogP contribution in [0.3, 0.4) is 0 Å². The summed E-state index contributed by atoms with van der Waals surface area (Å²) >= 11 is 0. The highest BCUT2D eigenvalue weighted by Gasteiger charge is 2.22. The van der Waals surface area contributed by atoms with E-state index in [-0.39, 0.29) is 0 Å². The highest BCUT2D eigenvalue weighted by molar-refractivity contribution is 5.79. The van der Waals surface area contributed by atoms with Gasteiger partial charge in [0.2, 0.25) is 5.96 Å². The monoisotopic (exact) mass is 198 g/mol.